The smallest absolute Gasteiger partial charge is 0.260 e. The number of hydrogen-bond donors (Lipinski definition) is 1. The van der Waals surface area contributed by atoms with Crippen LogP contribution in [-0.4, -0.2) is 29.9 Å². The van der Waals surface area contributed by atoms with Crippen LogP contribution in [0.25, 0.3) is 11.5 Å². The molecular formula is C14H17N3O2. The number of rotatable bonds is 4. The predicted octanol–water partition coefficient (Wildman–Crippen LogP) is 2.50. The third-order valence-corrected chi connectivity index (χ3v) is 3.33. The van der Waals surface area contributed by atoms with Crippen LogP contribution in [0.5, 0.6) is 0 Å². The summed E-state index contributed by atoms with van der Waals surface area (Å²) >= 11 is 0. The van der Waals surface area contributed by atoms with Gasteiger partial charge in [-0.1, -0.05) is 17.3 Å². The molecule has 0 spiro atoms. The number of aromatic nitrogens is 2. The number of hydrogen-bond acceptors (Lipinski definition) is 5. The summed E-state index contributed by atoms with van der Waals surface area (Å²) in [5.74, 6) is 1.27. The molecule has 1 aromatic heterocycles. The molecule has 5 nitrogen and oxygen atoms in total. The average Bonchev–Trinajstić information content (AvgIpc) is 3.11. The van der Waals surface area contributed by atoms with Crippen LogP contribution < -0.4 is 5.32 Å². The highest BCUT2D eigenvalue weighted by Gasteiger charge is 2.20. The zero-order chi connectivity index (χ0) is 13.1. The van der Waals surface area contributed by atoms with E-state index in [0.29, 0.717) is 11.7 Å². The van der Waals surface area contributed by atoms with Crippen LogP contribution in [0.2, 0.25) is 0 Å². The fraction of sp³-hybridized carbons (Fsp3) is 0.429. The van der Waals surface area contributed by atoms with E-state index in [1.54, 1.807) is 0 Å². The second-order valence-corrected chi connectivity index (χ2v) is 4.65. The molecule has 1 fully saturated rings. The molecule has 1 aliphatic rings. The second-order valence-electron chi connectivity index (χ2n) is 4.65. The lowest BCUT2D eigenvalue weighted by atomic mass is 10.1. The fourth-order valence-electron chi connectivity index (χ4n) is 2.34. The van der Waals surface area contributed by atoms with Crippen molar-refractivity contribution in [3.05, 3.63) is 30.1 Å². The molecule has 2 aromatic rings. The summed E-state index contributed by atoms with van der Waals surface area (Å²) in [4.78, 5) is 4.45. The predicted molar refractivity (Wildman–Crippen MR) is 72.0 cm³/mol. The van der Waals surface area contributed by atoms with E-state index in [4.69, 9.17) is 9.26 Å². The first-order valence-corrected chi connectivity index (χ1v) is 6.58. The van der Waals surface area contributed by atoms with Crippen LogP contribution in [0.4, 0.5) is 5.69 Å². The highest BCUT2D eigenvalue weighted by Crippen LogP contribution is 2.26. The average molecular weight is 259 g/mol. The van der Waals surface area contributed by atoms with Crippen molar-refractivity contribution in [1.82, 2.24) is 10.1 Å². The maximum Gasteiger partial charge on any atom is 0.260 e. The van der Waals surface area contributed by atoms with Crippen molar-refractivity contribution >= 4 is 5.69 Å². The van der Waals surface area contributed by atoms with E-state index in [9.17, 15) is 0 Å². The summed E-state index contributed by atoms with van der Waals surface area (Å²) in [7, 11) is 1.88. The number of benzene rings is 1. The van der Waals surface area contributed by atoms with Crippen LogP contribution in [0.1, 0.15) is 18.7 Å². The summed E-state index contributed by atoms with van der Waals surface area (Å²) in [5.41, 5.74) is 1.91. The molecule has 0 bridgehead atoms. The van der Waals surface area contributed by atoms with E-state index in [1.165, 1.54) is 0 Å². The van der Waals surface area contributed by atoms with Crippen molar-refractivity contribution in [3.8, 4) is 11.5 Å². The van der Waals surface area contributed by atoms with Crippen molar-refractivity contribution in [1.29, 1.82) is 0 Å². The standard InChI is InChI=1S/C14H17N3O2/c1-15-12-7-3-2-6-11(12)14-16-13(17-19-14)9-10-5-4-8-18-10/h2-3,6-7,10,15H,4-5,8-9H2,1H3. The molecule has 0 amide bonds. The third-order valence-electron chi connectivity index (χ3n) is 3.33. The van der Waals surface area contributed by atoms with Crippen LogP contribution in [-0.2, 0) is 11.2 Å². The Labute approximate surface area is 112 Å². The SMILES string of the molecule is CNc1ccccc1-c1nc(CC2CCCO2)no1. The topological polar surface area (TPSA) is 60.2 Å². The Morgan fingerprint density at radius 2 is 2.26 bits per heavy atom. The van der Waals surface area contributed by atoms with Gasteiger partial charge >= 0.3 is 0 Å². The van der Waals surface area contributed by atoms with E-state index in [-0.39, 0.29) is 6.10 Å². The summed E-state index contributed by atoms with van der Waals surface area (Å²) in [6.45, 7) is 0.845. The lowest BCUT2D eigenvalue weighted by Crippen LogP contribution is -2.09. The molecule has 0 radical (unpaired) electrons. The Balaban J connectivity index is 1.80. The van der Waals surface area contributed by atoms with E-state index in [2.05, 4.69) is 15.5 Å². The molecule has 100 valence electrons. The summed E-state index contributed by atoms with van der Waals surface area (Å²) in [5, 5.41) is 7.16. The highest BCUT2D eigenvalue weighted by atomic mass is 16.5. The van der Waals surface area contributed by atoms with Crippen molar-refractivity contribution in [2.45, 2.75) is 25.4 Å². The Kier molecular flexibility index (Phi) is 3.46. The van der Waals surface area contributed by atoms with Gasteiger partial charge in [-0.2, -0.15) is 4.98 Å². The van der Waals surface area contributed by atoms with Gasteiger partial charge in [0.2, 0.25) is 0 Å². The van der Waals surface area contributed by atoms with Crippen LogP contribution in [0.15, 0.2) is 28.8 Å². The van der Waals surface area contributed by atoms with Crippen molar-refractivity contribution in [2.75, 3.05) is 19.0 Å². The lowest BCUT2D eigenvalue weighted by molar-refractivity contribution is 0.109. The maximum atomic E-state index is 5.58. The zero-order valence-electron chi connectivity index (χ0n) is 10.9. The third kappa shape index (κ3) is 2.61. The number of anilines is 1. The normalized spacial score (nSPS) is 18.7. The van der Waals surface area contributed by atoms with Gasteiger partial charge in [0.05, 0.1) is 11.7 Å². The first kappa shape index (κ1) is 12.2. The van der Waals surface area contributed by atoms with Gasteiger partial charge in [-0.15, -0.1) is 0 Å². The van der Waals surface area contributed by atoms with Crippen LogP contribution in [0, 0.1) is 0 Å². The van der Waals surface area contributed by atoms with Crippen molar-refractivity contribution in [2.24, 2.45) is 0 Å². The van der Waals surface area contributed by atoms with E-state index in [1.807, 2.05) is 31.3 Å². The highest BCUT2D eigenvalue weighted by molar-refractivity contribution is 5.71. The number of nitrogens with one attached hydrogen (secondary N) is 1. The molecule has 1 aromatic carbocycles. The Bertz CT molecular complexity index is 547. The van der Waals surface area contributed by atoms with Gasteiger partial charge in [-0.25, -0.2) is 0 Å². The number of ether oxygens (including phenoxy) is 1. The molecule has 3 rings (SSSR count). The lowest BCUT2D eigenvalue weighted by Gasteiger charge is -2.04. The molecule has 0 saturated carbocycles. The quantitative estimate of drug-likeness (QED) is 0.914. The van der Waals surface area contributed by atoms with E-state index < -0.39 is 0 Å². The molecule has 1 atom stereocenters. The van der Waals surface area contributed by atoms with Gasteiger partial charge in [0.25, 0.3) is 5.89 Å². The van der Waals surface area contributed by atoms with Gasteiger partial charge in [-0.05, 0) is 25.0 Å². The first-order chi connectivity index (χ1) is 9.36. The van der Waals surface area contributed by atoms with Gasteiger partial charge in [0.1, 0.15) is 0 Å². The van der Waals surface area contributed by atoms with E-state index in [0.717, 1.165) is 37.1 Å². The summed E-state index contributed by atoms with van der Waals surface area (Å²) in [6.07, 6.45) is 3.17. The largest absolute Gasteiger partial charge is 0.387 e. The molecule has 1 aliphatic heterocycles. The van der Waals surface area contributed by atoms with Crippen molar-refractivity contribution in [3.63, 3.8) is 0 Å². The van der Waals surface area contributed by atoms with E-state index >= 15 is 0 Å². The molecule has 1 N–H and O–H groups in total. The minimum Gasteiger partial charge on any atom is -0.387 e. The van der Waals surface area contributed by atoms with Crippen LogP contribution >= 0.6 is 0 Å². The molecule has 5 heteroatoms. The van der Waals surface area contributed by atoms with Gasteiger partial charge in [0, 0.05) is 25.8 Å². The zero-order valence-corrected chi connectivity index (χ0v) is 10.9. The van der Waals surface area contributed by atoms with Gasteiger partial charge in [0.15, 0.2) is 5.82 Å². The summed E-state index contributed by atoms with van der Waals surface area (Å²) < 4.78 is 10.9. The van der Waals surface area contributed by atoms with Crippen LogP contribution in [0.3, 0.4) is 0 Å². The number of para-hydroxylation sites is 1. The molecule has 2 heterocycles. The monoisotopic (exact) mass is 259 g/mol. The number of nitrogens with zero attached hydrogens (tertiary/aromatic N) is 2. The summed E-state index contributed by atoms with van der Waals surface area (Å²) in [6, 6.07) is 7.88. The second kappa shape index (κ2) is 5.40. The Morgan fingerprint density at radius 1 is 1.37 bits per heavy atom. The molecular weight excluding hydrogens is 242 g/mol. The minimum absolute atomic E-state index is 0.241. The Hall–Kier alpha value is -1.88. The Morgan fingerprint density at radius 3 is 3.05 bits per heavy atom. The molecule has 1 unspecified atom stereocenters. The molecule has 0 aliphatic carbocycles. The molecule has 19 heavy (non-hydrogen) atoms. The van der Waals surface area contributed by atoms with Gasteiger partial charge < -0.3 is 14.6 Å². The first-order valence-electron chi connectivity index (χ1n) is 6.58. The van der Waals surface area contributed by atoms with Gasteiger partial charge in [-0.3, -0.25) is 0 Å². The van der Waals surface area contributed by atoms with Crippen molar-refractivity contribution < 1.29 is 9.26 Å². The maximum absolute atomic E-state index is 5.58. The minimum atomic E-state index is 0.241. The fourth-order valence-corrected chi connectivity index (χ4v) is 2.34. The molecule has 1 saturated heterocycles.